The number of hydrogen-bond acceptors (Lipinski definition) is 3. The minimum absolute atomic E-state index is 0.256. The van der Waals surface area contributed by atoms with E-state index < -0.39 is 0 Å². The van der Waals surface area contributed by atoms with E-state index in [9.17, 15) is 4.79 Å². The van der Waals surface area contributed by atoms with Crippen molar-refractivity contribution in [3.8, 4) is 0 Å². The maximum Gasteiger partial charge on any atom is 0.333 e. The van der Waals surface area contributed by atoms with Crippen molar-refractivity contribution in [3.05, 3.63) is 11.6 Å². The van der Waals surface area contributed by atoms with Crippen molar-refractivity contribution in [1.29, 1.82) is 0 Å². The van der Waals surface area contributed by atoms with Crippen LogP contribution in [0.4, 0.5) is 0 Å². The van der Waals surface area contributed by atoms with Gasteiger partial charge in [0, 0.05) is 18.0 Å². The summed E-state index contributed by atoms with van der Waals surface area (Å²) in [5.41, 5.74) is 5.65. The Bertz CT molecular complexity index is 157. The minimum Gasteiger partial charge on any atom is -0.461 e. The standard InChI is InChI=1S/C7H12ClNO2/c1-6(2-3-8)7(10)11-5-4-9/h2H,3-5,9H2,1H3. The summed E-state index contributed by atoms with van der Waals surface area (Å²) in [4.78, 5) is 10.9. The first-order valence-electron chi connectivity index (χ1n) is 3.32. The first-order valence-corrected chi connectivity index (χ1v) is 3.85. The average molecular weight is 178 g/mol. The second-order valence-electron chi connectivity index (χ2n) is 1.97. The number of carbonyl (C=O) groups excluding carboxylic acids is 1. The maximum atomic E-state index is 10.9. The van der Waals surface area contributed by atoms with Gasteiger partial charge >= 0.3 is 5.97 Å². The fraction of sp³-hybridized carbons (Fsp3) is 0.571. The highest BCUT2D eigenvalue weighted by molar-refractivity contribution is 6.19. The lowest BCUT2D eigenvalue weighted by Gasteiger charge is -2.01. The molecule has 0 rings (SSSR count). The molecule has 0 heterocycles. The van der Waals surface area contributed by atoms with Crippen molar-refractivity contribution in [2.75, 3.05) is 19.0 Å². The number of ether oxygens (including phenoxy) is 1. The highest BCUT2D eigenvalue weighted by atomic mass is 35.5. The van der Waals surface area contributed by atoms with Gasteiger partial charge in [0.2, 0.25) is 0 Å². The SMILES string of the molecule is CC(=CCCl)C(=O)OCCN. The number of alkyl halides is 1. The second kappa shape index (κ2) is 6.19. The van der Waals surface area contributed by atoms with Crippen LogP contribution in [0.2, 0.25) is 0 Å². The fourth-order valence-corrected chi connectivity index (χ4v) is 0.696. The quantitative estimate of drug-likeness (QED) is 0.390. The van der Waals surface area contributed by atoms with Crippen molar-refractivity contribution in [3.63, 3.8) is 0 Å². The molecule has 0 atom stereocenters. The van der Waals surface area contributed by atoms with Crippen molar-refractivity contribution in [1.82, 2.24) is 0 Å². The average Bonchev–Trinajstić information content (AvgIpc) is 2.00. The first-order chi connectivity index (χ1) is 5.22. The molecule has 0 saturated carbocycles. The van der Waals surface area contributed by atoms with E-state index in [0.717, 1.165) is 0 Å². The molecule has 0 aliphatic rings. The summed E-state index contributed by atoms with van der Waals surface area (Å²) >= 11 is 5.37. The van der Waals surface area contributed by atoms with E-state index in [2.05, 4.69) is 0 Å². The predicted octanol–water partition coefficient (Wildman–Crippen LogP) is 0.673. The van der Waals surface area contributed by atoms with Gasteiger partial charge in [0.05, 0.1) is 0 Å². The van der Waals surface area contributed by atoms with E-state index in [0.29, 0.717) is 18.0 Å². The van der Waals surface area contributed by atoms with E-state index >= 15 is 0 Å². The molecule has 0 spiro atoms. The molecule has 0 unspecified atom stereocenters. The molecule has 3 nitrogen and oxygen atoms in total. The van der Waals surface area contributed by atoms with Crippen LogP contribution in [-0.2, 0) is 9.53 Å². The molecule has 4 heteroatoms. The van der Waals surface area contributed by atoms with E-state index in [-0.39, 0.29) is 12.6 Å². The first kappa shape index (κ1) is 10.5. The van der Waals surface area contributed by atoms with Crippen LogP contribution in [0, 0.1) is 0 Å². The van der Waals surface area contributed by atoms with Crippen LogP contribution in [-0.4, -0.2) is 25.0 Å². The Labute approximate surface area is 71.2 Å². The number of carbonyl (C=O) groups is 1. The maximum absolute atomic E-state index is 10.9. The number of nitrogens with two attached hydrogens (primary N) is 1. The summed E-state index contributed by atoms with van der Waals surface area (Å²) in [6.45, 7) is 2.26. The highest BCUT2D eigenvalue weighted by Gasteiger charge is 2.02. The molecule has 11 heavy (non-hydrogen) atoms. The van der Waals surface area contributed by atoms with Gasteiger partial charge in [0.15, 0.2) is 0 Å². The zero-order valence-corrected chi connectivity index (χ0v) is 7.23. The van der Waals surface area contributed by atoms with Crippen molar-refractivity contribution in [2.24, 2.45) is 5.73 Å². The molecule has 64 valence electrons. The van der Waals surface area contributed by atoms with Crippen LogP contribution in [0.25, 0.3) is 0 Å². The Hall–Kier alpha value is -0.540. The number of esters is 1. The van der Waals surface area contributed by atoms with Crippen LogP contribution in [0.15, 0.2) is 11.6 Å². The van der Waals surface area contributed by atoms with Crippen molar-refractivity contribution in [2.45, 2.75) is 6.92 Å². The molecular formula is C7H12ClNO2. The van der Waals surface area contributed by atoms with E-state index in [1.54, 1.807) is 13.0 Å². The van der Waals surface area contributed by atoms with Crippen molar-refractivity contribution < 1.29 is 9.53 Å². The number of allylic oxidation sites excluding steroid dienone is 1. The van der Waals surface area contributed by atoms with Gasteiger partial charge in [-0.15, -0.1) is 11.6 Å². The van der Waals surface area contributed by atoms with Crippen molar-refractivity contribution >= 4 is 17.6 Å². The molecule has 0 aromatic heterocycles. The van der Waals surface area contributed by atoms with Gasteiger partial charge in [-0.25, -0.2) is 4.79 Å². The lowest BCUT2D eigenvalue weighted by atomic mass is 10.3. The van der Waals surface area contributed by atoms with Crippen LogP contribution in [0.3, 0.4) is 0 Å². The monoisotopic (exact) mass is 177 g/mol. The van der Waals surface area contributed by atoms with Gasteiger partial charge in [0.1, 0.15) is 6.61 Å². The van der Waals surface area contributed by atoms with Gasteiger partial charge in [-0.2, -0.15) is 0 Å². The lowest BCUT2D eigenvalue weighted by Crippen LogP contribution is -2.14. The molecule has 0 aliphatic carbocycles. The molecular weight excluding hydrogens is 166 g/mol. The topological polar surface area (TPSA) is 52.3 Å². The Morgan fingerprint density at radius 1 is 1.73 bits per heavy atom. The molecule has 0 amide bonds. The van der Waals surface area contributed by atoms with Gasteiger partial charge in [-0.3, -0.25) is 0 Å². The third kappa shape index (κ3) is 4.81. The zero-order valence-electron chi connectivity index (χ0n) is 6.47. The Morgan fingerprint density at radius 3 is 2.82 bits per heavy atom. The van der Waals surface area contributed by atoms with Crippen LogP contribution in [0.5, 0.6) is 0 Å². The number of halogens is 1. The highest BCUT2D eigenvalue weighted by Crippen LogP contribution is 1.96. The molecule has 0 fully saturated rings. The van der Waals surface area contributed by atoms with E-state index in [1.165, 1.54) is 0 Å². The molecule has 0 radical (unpaired) electrons. The summed E-state index contributed by atoms with van der Waals surface area (Å²) in [5.74, 6) is -0.0279. The summed E-state index contributed by atoms with van der Waals surface area (Å²) < 4.78 is 4.71. The number of hydrogen-bond donors (Lipinski definition) is 1. The van der Waals surface area contributed by atoms with Gasteiger partial charge in [0.25, 0.3) is 0 Å². The molecule has 0 aliphatic heterocycles. The minimum atomic E-state index is -0.351. The van der Waals surface area contributed by atoms with Gasteiger partial charge in [-0.05, 0) is 6.92 Å². The van der Waals surface area contributed by atoms with E-state index in [4.69, 9.17) is 22.1 Å². The Kier molecular flexibility index (Phi) is 5.88. The lowest BCUT2D eigenvalue weighted by molar-refractivity contribution is -0.138. The molecule has 0 aromatic carbocycles. The smallest absolute Gasteiger partial charge is 0.333 e. The summed E-state index contributed by atoms with van der Waals surface area (Å²) in [6, 6.07) is 0. The summed E-state index contributed by atoms with van der Waals surface area (Å²) in [5, 5.41) is 0. The van der Waals surface area contributed by atoms with Gasteiger partial charge < -0.3 is 10.5 Å². The Morgan fingerprint density at radius 2 is 2.36 bits per heavy atom. The predicted molar refractivity (Wildman–Crippen MR) is 44.5 cm³/mol. The zero-order chi connectivity index (χ0) is 8.69. The third-order valence-electron chi connectivity index (χ3n) is 1.06. The van der Waals surface area contributed by atoms with Crippen LogP contribution < -0.4 is 5.73 Å². The van der Waals surface area contributed by atoms with Crippen LogP contribution in [0.1, 0.15) is 6.92 Å². The molecule has 0 saturated heterocycles. The molecule has 2 N–H and O–H groups in total. The second-order valence-corrected chi connectivity index (χ2v) is 2.27. The molecule has 0 aromatic rings. The van der Waals surface area contributed by atoms with Gasteiger partial charge in [-0.1, -0.05) is 6.08 Å². The Balaban J connectivity index is 3.73. The fourth-order valence-electron chi connectivity index (χ4n) is 0.465. The largest absolute Gasteiger partial charge is 0.461 e. The summed E-state index contributed by atoms with van der Waals surface area (Å²) in [7, 11) is 0. The third-order valence-corrected chi connectivity index (χ3v) is 1.21. The summed E-state index contributed by atoms with van der Waals surface area (Å²) in [6.07, 6.45) is 1.60. The van der Waals surface area contributed by atoms with Crippen LogP contribution >= 0.6 is 11.6 Å². The van der Waals surface area contributed by atoms with E-state index in [1.807, 2.05) is 0 Å². The normalized spacial score (nSPS) is 11.4. The number of rotatable bonds is 4. The molecule has 0 bridgehead atoms.